The maximum absolute atomic E-state index is 12.2. The summed E-state index contributed by atoms with van der Waals surface area (Å²) in [4.78, 5) is 23.8. The lowest BCUT2D eigenvalue weighted by atomic mass is 10.0. The van der Waals surface area contributed by atoms with Gasteiger partial charge < -0.3 is 20.9 Å². The fraction of sp³-hybridized carbons (Fsp3) is 0.462. The molecular formula is C26H37ClN2O4. The van der Waals surface area contributed by atoms with Crippen LogP contribution in [0.5, 0.6) is 5.75 Å². The predicted molar refractivity (Wildman–Crippen MR) is 134 cm³/mol. The summed E-state index contributed by atoms with van der Waals surface area (Å²) in [7, 11) is 0. The van der Waals surface area contributed by atoms with Crippen LogP contribution in [0.15, 0.2) is 54.6 Å². The number of ether oxygens (including phenoxy) is 1. The van der Waals surface area contributed by atoms with Crippen molar-refractivity contribution >= 4 is 24.3 Å². The van der Waals surface area contributed by atoms with Crippen LogP contribution in [0.2, 0.25) is 0 Å². The first-order valence-electron chi connectivity index (χ1n) is 11.6. The van der Waals surface area contributed by atoms with Crippen LogP contribution >= 0.6 is 12.4 Å². The number of carbonyl (C=O) groups excluding carboxylic acids is 1. The minimum Gasteiger partial charge on any atom is -0.494 e. The summed E-state index contributed by atoms with van der Waals surface area (Å²) in [6.45, 7) is 1.39. The van der Waals surface area contributed by atoms with E-state index in [0.717, 1.165) is 62.8 Å². The third-order valence-corrected chi connectivity index (χ3v) is 5.33. The van der Waals surface area contributed by atoms with Crippen molar-refractivity contribution in [3.05, 3.63) is 65.7 Å². The molecule has 0 spiro atoms. The lowest BCUT2D eigenvalue weighted by Crippen LogP contribution is -2.42. The van der Waals surface area contributed by atoms with Gasteiger partial charge in [0.15, 0.2) is 0 Å². The second-order valence-corrected chi connectivity index (χ2v) is 8.05. The van der Waals surface area contributed by atoms with E-state index in [1.807, 2.05) is 42.5 Å². The predicted octanol–water partition coefficient (Wildman–Crippen LogP) is 4.53. The van der Waals surface area contributed by atoms with E-state index in [0.29, 0.717) is 13.0 Å². The molecule has 0 radical (unpaired) electrons. The average molecular weight is 477 g/mol. The number of halogens is 1. The molecule has 0 fully saturated rings. The van der Waals surface area contributed by atoms with E-state index < -0.39 is 12.0 Å². The van der Waals surface area contributed by atoms with Crippen molar-refractivity contribution in [2.45, 2.75) is 63.8 Å². The van der Waals surface area contributed by atoms with Crippen LogP contribution in [0.4, 0.5) is 0 Å². The fourth-order valence-corrected chi connectivity index (χ4v) is 3.47. The highest BCUT2D eigenvalue weighted by Crippen LogP contribution is 2.15. The van der Waals surface area contributed by atoms with Crippen molar-refractivity contribution in [2.75, 3.05) is 13.2 Å². The summed E-state index contributed by atoms with van der Waals surface area (Å²) >= 11 is 0. The van der Waals surface area contributed by atoms with Crippen molar-refractivity contribution in [2.24, 2.45) is 5.73 Å². The maximum atomic E-state index is 12.2. The molecule has 0 saturated carbocycles. The third kappa shape index (κ3) is 12.3. The molecule has 2 aromatic carbocycles. The van der Waals surface area contributed by atoms with Gasteiger partial charge in [-0.25, -0.2) is 4.79 Å². The van der Waals surface area contributed by atoms with Gasteiger partial charge in [-0.05, 0) is 61.9 Å². The smallest absolute Gasteiger partial charge is 0.326 e. The number of benzene rings is 2. The number of unbranched alkanes of at least 4 members (excludes halogenated alkanes) is 4. The van der Waals surface area contributed by atoms with Crippen LogP contribution in [-0.4, -0.2) is 36.2 Å². The molecule has 0 heterocycles. The fourth-order valence-electron chi connectivity index (χ4n) is 3.47. The SMILES string of the molecule is Cl.NCCCCCCOc1ccc(CC(NC(=O)CCCCc2ccccc2)C(=O)O)cc1. The van der Waals surface area contributed by atoms with Gasteiger partial charge in [0.05, 0.1) is 6.61 Å². The van der Waals surface area contributed by atoms with Crippen molar-refractivity contribution < 1.29 is 19.4 Å². The summed E-state index contributed by atoms with van der Waals surface area (Å²) in [5, 5.41) is 12.2. The minimum absolute atomic E-state index is 0. The van der Waals surface area contributed by atoms with Crippen LogP contribution in [0.1, 0.15) is 56.1 Å². The van der Waals surface area contributed by atoms with Gasteiger partial charge in [0.2, 0.25) is 5.91 Å². The number of hydrogen-bond acceptors (Lipinski definition) is 4. The molecule has 1 atom stereocenters. The van der Waals surface area contributed by atoms with Crippen LogP contribution in [0.25, 0.3) is 0 Å². The third-order valence-electron chi connectivity index (χ3n) is 5.33. The minimum atomic E-state index is -1.03. The molecule has 6 nitrogen and oxygen atoms in total. The van der Waals surface area contributed by atoms with Gasteiger partial charge in [0, 0.05) is 12.8 Å². The lowest BCUT2D eigenvalue weighted by molar-refractivity contribution is -0.141. The summed E-state index contributed by atoms with van der Waals surface area (Å²) < 4.78 is 5.73. The Morgan fingerprint density at radius 3 is 2.24 bits per heavy atom. The number of aryl methyl sites for hydroxylation is 1. The topological polar surface area (TPSA) is 102 Å². The number of rotatable bonds is 16. The number of nitrogens with two attached hydrogens (primary N) is 1. The molecule has 1 unspecified atom stereocenters. The van der Waals surface area contributed by atoms with E-state index in [4.69, 9.17) is 10.5 Å². The first kappa shape index (κ1) is 28.5. The Morgan fingerprint density at radius 2 is 1.58 bits per heavy atom. The largest absolute Gasteiger partial charge is 0.494 e. The van der Waals surface area contributed by atoms with Gasteiger partial charge in [-0.2, -0.15) is 0 Å². The molecule has 7 heteroatoms. The van der Waals surface area contributed by atoms with E-state index >= 15 is 0 Å². The number of carbonyl (C=O) groups is 2. The zero-order chi connectivity index (χ0) is 23.0. The van der Waals surface area contributed by atoms with Gasteiger partial charge in [-0.3, -0.25) is 4.79 Å². The standard InChI is InChI=1S/C26H36N2O4.ClH/c27-18-8-1-2-9-19-32-23-16-14-22(15-17-23)20-24(26(30)31)28-25(29)13-7-6-12-21-10-4-3-5-11-21;/h3-5,10-11,14-17,24H,1-2,6-9,12-13,18-20,27H2,(H,28,29)(H,30,31);1H. The van der Waals surface area contributed by atoms with E-state index in [1.165, 1.54) is 5.56 Å². The van der Waals surface area contributed by atoms with E-state index in [1.54, 1.807) is 0 Å². The van der Waals surface area contributed by atoms with E-state index in [2.05, 4.69) is 17.4 Å². The molecule has 0 aliphatic heterocycles. The highest BCUT2D eigenvalue weighted by atomic mass is 35.5. The molecule has 0 saturated heterocycles. The number of carboxylic acids is 1. The molecule has 0 bridgehead atoms. The number of nitrogens with one attached hydrogen (secondary N) is 1. The molecule has 33 heavy (non-hydrogen) atoms. The molecule has 0 aromatic heterocycles. The molecular weight excluding hydrogens is 440 g/mol. The maximum Gasteiger partial charge on any atom is 0.326 e. The zero-order valence-electron chi connectivity index (χ0n) is 19.2. The molecule has 2 aromatic rings. The van der Waals surface area contributed by atoms with Gasteiger partial charge >= 0.3 is 5.97 Å². The van der Waals surface area contributed by atoms with Crippen LogP contribution in [0, 0.1) is 0 Å². The van der Waals surface area contributed by atoms with E-state index in [9.17, 15) is 14.7 Å². The van der Waals surface area contributed by atoms with Crippen molar-refractivity contribution in [3.63, 3.8) is 0 Å². The van der Waals surface area contributed by atoms with Crippen molar-refractivity contribution in [1.82, 2.24) is 5.32 Å². The van der Waals surface area contributed by atoms with E-state index in [-0.39, 0.29) is 24.7 Å². The molecule has 182 valence electrons. The van der Waals surface area contributed by atoms with Crippen LogP contribution < -0.4 is 15.8 Å². The summed E-state index contributed by atoms with van der Waals surface area (Å²) in [5.41, 5.74) is 7.57. The first-order valence-corrected chi connectivity index (χ1v) is 11.6. The Bertz CT molecular complexity index is 800. The highest BCUT2D eigenvalue weighted by Gasteiger charge is 2.20. The second kappa shape index (κ2) is 17.0. The van der Waals surface area contributed by atoms with Gasteiger partial charge in [-0.15, -0.1) is 12.4 Å². The monoisotopic (exact) mass is 476 g/mol. The Hall–Kier alpha value is -2.57. The van der Waals surface area contributed by atoms with Gasteiger partial charge in [-0.1, -0.05) is 55.3 Å². The summed E-state index contributed by atoms with van der Waals surface area (Å²) in [6.07, 6.45) is 7.35. The quantitative estimate of drug-likeness (QED) is 0.309. The Balaban J connectivity index is 0.00000544. The molecule has 1 amide bonds. The number of amides is 1. The lowest BCUT2D eigenvalue weighted by Gasteiger charge is -2.15. The highest BCUT2D eigenvalue weighted by molar-refractivity contribution is 5.85. The molecule has 0 aliphatic carbocycles. The van der Waals surface area contributed by atoms with Gasteiger partial charge in [0.1, 0.15) is 11.8 Å². The molecule has 4 N–H and O–H groups in total. The Kier molecular flexibility index (Phi) is 14.6. The molecule has 2 rings (SSSR count). The van der Waals surface area contributed by atoms with Crippen molar-refractivity contribution in [1.29, 1.82) is 0 Å². The number of carboxylic acid groups (broad SMARTS) is 1. The number of aliphatic carboxylic acids is 1. The Labute approximate surface area is 203 Å². The Morgan fingerprint density at radius 1 is 0.879 bits per heavy atom. The van der Waals surface area contributed by atoms with Crippen LogP contribution in [-0.2, 0) is 22.4 Å². The second-order valence-electron chi connectivity index (χ2n) is 8.05. The summed E-state index contributed by atoms with van der Waals surface area (Å²) in [5.74, 6) is -0.484. The average Bonchev–Trinajstić information content (AvgIpc) is 2.80. The molecule has 0 aliphatic rings. The van der Waals surface area contributed by atoms with Crippen LogP contribution in [0.3, 0.4) is 0 Å². The van der Waals surface area contributed by atoms with Gasteiger partial charge in [0.25, 0.3) is 0 Å². The first-order chi connectivity index (χ1) is 15.6. The zero-order valence-corrected chi connectivity index (χ0v) is 20.0. The van der Waals surface area contributed by atoms with Crippen molar-refractivity contribution in [3.8, 4) is 5.75 Å². The number of hydrogen-bond donors (Lipinski definition) is 3. The summed E-state index contributed by atoms with van der Waals surface area (Å²) in [6, 6.07) is 16.6. The normalized spacial score (nSPS) is 11.3.